The van der Waals surface area contributed by atoms with Gasteiger partial charge >= 0.3 is 7.12 Å². The van der Waals surface area contributed by atoms with Crippen LogP contribution in [-0.4, -0.2) is 28.1 Å². The van der Waals surface area contributed by atoms with E-state index < -0.39 is 0 Å². The van der Waals surface area contributed by atoms with Gasteiger partial charge in [-0.1, -0.05) is 12.1 Å². The minimum Gasteiger partial charge on any atom is -0.399 e. The van der Waals surface area contributed by atoms with Gasteiger partial charge in [0, 0.05) is 17.9 Å². The van der Waals surface area contributed by atoms with E-state index in [-0.39, 0.29) is 18.3 Å². The van der Waals surface area contributed by atoms with Gasteiger partial charge in [0.1, 0.15) is 0 Å². The second kappa shape index (κ2) is 4.09. The summed E-state index contributed by atoms with van der Waals surface area (Å²) in [6.45, 7) is 10.4. The molecule has 5 heteroatoms. The zero-order chi connectivity index (χ0) is 14.7. The molecule has 1 aliphatic heterocycles. The number of fused-ring (bicyclic) bond motifs is 1. The van der Waals surface area contributed by atoms with Crippen LogP contribution < -0.4 is 5.46 Å². The van der Waals surface area contributed by atoms with E-state index in [1.807, 2.05) is 17.9 Å². The third kappa shape index (κ3) is 1.80. The fourth-order valence-corrected chi connectivity index (χ4v) is 2.61. The number of hydrogen-bond acceptors (Lipinski definition) is 3. The Balaban J connectivity index is 2.13. The van der Waals surface area contributed by atoms with Crippen molar-refractivity contribution >= 4 is 23.5 Å². The molecule has 1 saturated heterocycles. The summed E-state index contributed by atoms with van der Waals surface area (Å²) in [7, 11) is 1.61. The van der Waals surface area contributed by atoms with E-state index in [1.165, 1.54) is 5.56 Å². The summed E-state index contributed by atoms with van der Waals surface area (Å²) in [5.74, 6) is 0. The van der Waals surface area contributed by atoms with Gasteiger partial charge in [0.2, 0.25) is 0 Å². The summed E-state index contributed by atoms with van der Waals surface area (Å²) < 4.78 is 14.2. The van der Waals surface area contributed by atoms with Gasteiger partial charge in [-0.15, -0.1) is 0 Å². The smallest absolute Gasteiger partial charge is 0.399 e. The first kappa shape index (κ1) is 13.6. The van der Waals surface area contributed by atoms with Crippen LogP contribution in [-0.2, 0) is 16.4 Å². The number of nitrogens with zero attached hydrogens (tertiary/aromatic N) is 2. The molecule has 0 aliphatic carbocycles. The third-order valence-electron chi connectivity index (χ3n) is 4.66. The quantitative estimate of drug-likeness (QED) is 0.746. The van der Waals surface area contributed by atoms with Crippen molar-refractivity contribution in [1.29, 1.82) is 0 Å². The fourth-order valence-electron chi connectivity index (χ4n) is 2.61. The molecule has 0 unspecified atom stereocenters. The van der Waals surface area contributed by atoms with Crippen molar-refractivity contribution < 1.29 is 9.31 Å². The molecule has 2 aromatic rings. The maximum atomic E-state index is 6.16. The molecule has 106 valence electrons. The molecule has 4 nitrogen and oxygen atoms in total. The maximum absolute atomic E-state index is 6.16. The Kier molecular flexibility index (Phi) is 2.79. The molecule has 0 N–H and O–H groups in total. The van der Waals surface area contributed by atoms with Crippen LogP contribution in [0.1, 0.15) is 33.3 Å². The first-order valence-electron chi connectivity index (χ1n) is 7.00. The molecule has 20 heavy (non-hydrogen) atoms. The summed E-state index contributed by atoms with van der Waals surface area (Å²) in [5.41, 5.74) is 2.70. The van der Waals surface area contributed by atoms with E-state index in [2.05, 4.69) is 51.9 Å². The average molecular weight is 272 g/mol. The van der Waals surface area contributed by atoms with Gasteiger partial charge < -0.3 is 9.31 Å². The molecule has 0 saturated carbocycles. The second-order valence-corrected chi connectivity index (χ2v) is 6.59. The highest BCUT2D eigenvalue weighted by Crippen LogP contribution is 2.37. The average Bonchev–Trinajstić information content (AvgIpc) is 2.80. The van der Waals surface area contributed by atoms with Crippen molar-refractivity contribution in [3.05, 3.63) is 23.9 Å². The number of hydrogen-bond donors (Lipinski definition) is 0. The molecule has 0 radical (unpaired) electrons. The summed E-state index contributed by atoms with van der Waals surface area (Å²) >= 11 is 0. The van der Waals surface area contributed by atoms with Crippen molar-refractivity contribution in [3.8, 4) is 0 Å². The van der Waals surface area contributed by atoms with E-state index >= 15 is 0 Å². The van der Waals surface area contributed by atoms with E-state index in [4.69, 9.17) is 9.31 Å². The van der Waals surface area contributed by atoms with Gasteiger partial charge in [-0.25, -0.2) is 0 Å². The van der Waals surface area contributed by atoms with Gasteiger partial charge in [0.15, 0.2) is 0 Å². The molecule has 1 aromatic heterocycles. The van der Waals surface area contributed by atoms with Crippen molar-refractivity contribution in [1.82, 2.24) is 9.78 Å². The van der Waals surface area contributed by atoms with Crippen LogP contribution in [0.15, 0.2) is 18.3 Å². The maximum Gasteiger partial charge on any atom is 0.497 e. The lowest BCUT2D eigenvalue weighted by molar-refractivity contribution is 0.00578. The normalized spacial score (nSPS) is 20.8. The van der Waals surface area contributed by atoms with Crippen LogP contribution >= 0.6 is 0 Å². The second-order valence-electron chi connectivity index (χ2n) is 6.59. The largest absolute Gasteiger partial charge is 0.497 e. The van der Waals surface area contributed by atoms with Gasteiger partial charge in [0.05, 0.1) is 22.9 Å². The predicted octanol–water partition coefficient (Wildman–Crippen LogP) is 2.18. The summed E-state index contributed by atoms with van der Waals surface area (Å²) in [4.78, 5) is 0. The molecule has 0 bridgehead atoms. The van der Waals surface area contributed by atoms with Crippen LogP contribution in [0.25, 0.3) is 10.9 Å². The Morgan fingerprint density at radius 2 is 1.70 bits per heavy atom. The molecule has 0 atom stereocenters. The van der Waals surface area contributed by atoms with Crippen LogP contribution in [0.4, 0.5) is 0 Å². The van der Waals surface area contributed by atoms with Gasteiger partial charge in [-0.05, 0) is 40.2 Å². The standard InChI is InChI=1S/C15H21BN2O2/c1-10-7-8-12(13-11(10)9-17-18(13)6)16-19-14(2,3)15(4,5)20-16/h7-9H,1-6H3. The van der Waals surface area contributed by atoms with Crippen molar-refractivity contribution in [2.75, 3.05) is 0 Å². The van der Waals surface area contributed by atoms with E-state index in [0.29, 0.717) is 0 Å². The minimum atomic E-state index is -0.349. The van der Waals surface area contributed by atoms with Crippen LogP contribution in [0.2, 0.25) is 0 Å². The molecular formula is C15H21BN2O2. The predicted molar refractivity (Wildman–Crippen MR) is 81.2 cm³/mol. The summed E-state index contributed by atoms with van der Waals surface area (Å²) in [6.07, 6.45) is 1.90. The van der Waals surface area contributed by atoms with Crippen LogP contribution in [0.3, 0.4) is 0 Å². The molecule has 0 amide bonds. The highest BCUT2D eigenvalue weighted by molar-refractivity contribution is 6.65. The number of aryl methyl sites for hydroxylation is 2. The highest BCUT2D eigenvalue weighted by Gasteiger charge is 2.52. The van der Waals surface area contributed by atoms with Gasteiger partial charge in [-0.3, -0.25) is 4.68 Å². The zero-order valence-corrected chi connectivity index (χ0v) is 13.0. The van der Waals surface area contributed by atoms with Crippen molar-refractivity contribution in [2.45, 2.75) is 45.8 Å². The van der Waals surface area contributed by atoms with Crippen LogP contribution in [0.5, 0.6) is 0 Å². The first-order valence-corrected chi connectivity index (χ1v) is 7.00. The van der Waals surface area contributed by atoms with Gasteiger partial charge in [-0.2, -0.15) is 5.10 Å². The molecule has 2 heterocycles. The van der Waals surface area contributed by atoms with Gasteiger partial charge in [0.25, 0.3) is 0 Å². The third-order valence-corrected chi connectivity index (χ3v) is 4.66. The summed E-state index contributed by atoms with van der Waals surface area (Å²) in [5, 5.41) is 5.52. The van der Waals surface area contributed by atoms with Crippen molar-refractivity contribution in [2.24, 2.45) is 7.05 Å². The molecule has 1 aliphatic rings. The topological polar surface area (TPSA) is 36.3 Å². The van der Waals surface area contributed by atoms with Crippen LogP contribution in [0, 0.1) is 6.92 Å². The molecule has 1 aromatic carbocycles. The lowest BCUT2D eigenvalue weighted by atomic mass is 9.77. The molecular weight excluding hydrogens is 251 g/mol. The Morgan fingerprint density at radius 3 is 2.30 bits per heavy atom. The van der Waals surface area contributed by atoms with E-state index in [9.17, 15) is 0 Å². The Hall–Kier alpha value is -1.33. The minimum absolute atomic E-state index is 0.326. The lowest BCUT2D eigenvalue weighted by Crippen LogP contribution is -2.41. The Bertz CT molecular complexity index is 660. The van der Waals surface area contributed by atoms with E-state index in [1.54, 1.807) is 0 Å². The fraction of sp³-hybridized carbons (Fsp3) is 0.533. The highest BCUT2D eigenvalue weighted by atomic mass is 16.7. The number of rotatable bonds is 1. The molecule has 1 fully saturated rings. The monoisotopic (exact) mass is 272 g/mol. The van der Waals surface area contributed by atoms with E-state index in [0.717, 1.165) is 16.4 Å². The Labute approximate surface area is 120 Å². The number of benzene rings is 1. The summed E-state index contributed by atoms with van der Waals surface area (Å²) in [6, 6.07) is 4.19. The lowest BCUT2D eigenvalue weighted by Gasteiger charge is -2.32. The molecule has 0 spiro atoms. The van der Waals surface area contributed by atoms with Crippen molar-refractivity contribution in [3.63, 3.8) is 0 Å². The zero-order valence-electron chi connectivity index (χ0n) is 13.0. The molecule has 3 rings (SSSR count). The SMILES string of the molecule is Cc1ccc(B2OC(C)(C)C(C)(C)O2)c2c1cnn2C. The Morgan fingerprint density at radius 1 is 1.10 bits per heavy atom. The first-order chi connectivity index (χ1) is 9.23. The number of aromatic nitrogens is 2.